The fourth-order valence-electron chi connectivity index (χ4n) is 2.83. The van der Waals surface area contributed by atoms with Crippen molar-refractivity contribution in [2.24, 2.45) is 0 Å². The lowest BCUT2D eigenvalue weighted by Gasteiger charge is -2.11. The molecule has 2 heterocycles. The topological polar surface area (TPSA) is 34.9 Å². The van der Waals surface area contributed by atoms with Crippen LogP contribution in [0, 0.1) is 6.92 Å². The number of aryl methyl sites for hydroxylation is 3. The Labute approximate surface area is 110 Å². The van der Waals surface area contributed by atoms with Crippen molar-refractivity contribution in [2.75, 3.05) is 0 Å². The smallest absolute Gasteiger partial charge is 0.262 e. The number of aromatic nitrogens is 2. The highest BCUT2D eigenvalue weighted by atomic mass is 32.1. The molecule has 0 saturated carbocycles. The van der Waals surface area contributed by atoms with Crippen molar-refractivity contribution in [3.05, 3.63) is 26.6 Å². The first-order valence-corrected chi connectivity index (χ1v) is 7.55. The van der Waals surface area contributed by atoms with Crippen LogP contribution in [0.4, 0.5) is 0 Å². The second-order valence-electron chi connectivity index (χ2n) is 5.01. The summed E-state index contributed by atoms with van der Waals surface area (Å²) in [6.07, 6.45) is 5.62. The predicted molar refractivity (Wildman–Crippen MR) is 75.6 cm³/mol. The van der Waals surface area contributed by atoms with Gasteiger partial charge >= 0.3 is 0 Å². The molecule has 3 nitrogen and oxygen atoms in total. The Balaban J connectivity index is 2.32. The first kappa shape index (κ1) is 11.9. The number of rotatable bonds is 2. The number of fused-ring (bicyclic) bond motifs is 3. The van der Waals surface area contributed by atoms with Crippen LogP contribution in [0.3, 0.4) is 0 Å². The lowest BCUT2D eigenvalue weighted by molar-refractivity contribution is 0.624. The zero-order chi connectivity index (χ0) is 12.7. The summed E-state index contributed by atoms with van der Waals surface area (Å²) in [5.74, 6) is 0.855. The SMILES string of the molecule is CCCn1c(C)nc2sc3c(c2c1=O)CCCC3. The summed E-state index contributed by atoms with van der Waals surface area (Å²) >= 11 is 1.73. The van der Waals surface area contributed by atoms with Crippen LogP contribution < -0.4 is 5.56 Å². The Hall–Kier alpha value is -1.16. The minimum Gasteiger partial charge on any atom is -0.296 e. The molecule has 4 heteroatoms. The van der Waals surface area contributed by atoms with Crippen molar-refractivity contribution in [3.8, 4) is 0 Å². The van der Waals surface area contributed by atoms with Gasteiger partial charge in [0.25, 0.3) is 5.56 Å². The number of thiophene rings is 1. The summed E-state index contributed by atoms with van der Waals surface area (Å²) in [5, 5.41) is 0.911. The zero-order valence-corrected chi connectivity index (χ0v) is 11.8. The van der Waals surface area contributed by atoms with Gasteiger partial charge in [-0.25, -0.2) is 4.98 Å². The Morgan fingerprint density at radius 2 is 2.11 bits per heavy atom. The molecule has 18 heavy (non-hydrogen) atoms. The van der Waals surface area contributed by atoms with E-state index in [1.54, 1.807) is 11.3 Å². The maximum Gasteiger partial charge on any atom is 0.262 e. The maximum absolute atomic E-state index is 12.6. The summed E-state index contributed by atoms with van der Waals surface area (Å²) in [4.78, 5) is 19.6. The van der Waals surface area contributed by atoms with Crippen LogP contribution in [0.25, 0.3) is 10.2 Å². The molecule has 0 fully saturated rings. The molecule has 0 bridgehead atoms. The molecule has 0 spiro atoms. The van der Waals surface area contributed by atoms with Crippen molar-refractivity contribution in [1.29, 1.82) is 0 Å². The summed E-state index contributed by atoms with van der Waals surface area (Å²) < 4.78 is 1.84. The van der Waals surface area contributed by atoms with Gasteiger partial charge in [-0.1, -0.05) is 6.92 Å². The molecule has 0 aromatic carbocycles. The quantitative estimate of drug-likeness (QED) is 0.833. The van der Waals surface area contributed by atoms with Gasteiger partial charge in [0, 0.05) is 11.4 Å². The van der Waals surface area contributed by atoms with E-state index < -0.39 is 0 Å². The molecule has 0 saturated heterocycles. The van der Waals surface area contributed by atoms with Crippen molar-refractivity contribution < 1.29 is 0 Å². The molecule has 0 aliphatic heterocycles. The van der Waals surface area contributed by atoms with Crippen molar-refractivity contribution in [2.45, 2.75) is 52.5 Å². The normalized spacial score (nSPS) is 15.0. The Kier molecular flexibility index (Phi) is 2.98. The van der Waals surface area contributed by atoms with E-state index in [0.717, 1.165) is 41.8 Å². The minimum absolute atomic E-state index is 0.179. The van der Waals surface area contributed by atoms with E-state index in [0.29, 0.717) is 0 Å². The summed E-state index contributed by atoms with van der Waals surface area (Å²) in [6.45, 7) is 4.81. The van der Waals surface area contributed by atoms with Crippen LogP contribution in [-0.4, -0.2) is 9.55 Å². The highest BCUT2D eigenvalue weighted by Crippen LogP contribution is 2.33. The third kappa shape index (κ3) is 1.70. The van der Waals surface area contributed by atoms with E-state index in [1.165, 1.54) is 23.3 Å². The second kappa shape index (κ2) is 4.50. The van der Waals surface area contributed by atoms with E-state index >= 15 is 0 Å². The van der Waals surface area contributed by atoms with Gasteiger partial charge in [0.1, 0.15) is 10.7 Å². The van der Waals surface area contributed by atoms with Gasteiger partial charge in [0.2, 0.25) is 0 Å². The van der Waals surface area contributed by atoms with Gasteiger partial charge < -0.3 is 0 Å². The van der Waals surface area contributed by atoms with Crippen LogP contribution in [0.2, 0.25) is 0 Å². The number of nitrogens with zero attached hydrogens (tertiary/aromatic N) is 2. The van der Waals surface area contributed by atoms with Crippen molar-refractivity contribution >= 4 is 21.6 Å². The van der Waals surface area contributed by atoms with Gasteiger partial charge in [0.15, 0.2) is 0 Å². The Bertz CT molecular complexity index is 654. The van der Waals surface area contributed by atoms with Crippen molar-refractivity contribution in [1.82, 2.24) is 9.55 Å². The Morgan fingerprint density at radius 3 is 2.89 bits per heavy atom. The number of hydrogen-bond acceptors (Lipinski definition) is 3. The van der Waals surface area contributed by atoms with E-state index in [9.17, 15) is 4.79 Å². The molecular formula is C14H18N2OS. The predicted octanol–water partition coefficient (Wildman–Crippen LogP) is 3.06. The molecule has 0 radical (unpaired) electrons. The van der Waals surface area contributed by atoms with E-state index in [-0.39, 0.29) is 5.56 Å². The molecule has 2 aromatic heterocycles. The Morgan fingerprint density at radius 1 is 1.33 bits per heavy atom. The standard InChI is InChI=1S/C14H18N2OS/c1-3-8-16-9(2)15-13-12(14(16)17)10-6-4-5-7-11(10)18-13/h3-8H2,1-2H3. The third-order valence-corrected chi connectivity index (χ3v) is 4.90. The largest absolute Gasteiger partial charge is 0.296 e. The molecule has 1 aliphatic rings. The van der Waals surface area contributed by atoms with Crippen LogP contribution in [0.5, 0.6) is 0 Å². The molecule has 3 rings (SSSR count). The number of hydrogen-bond donors (Lipinski definition) is 0. The highest BCUT2D eigenvalue weighted by Gasteiger charge is 2.20. The first-order valence-electron chi connectivity index (χ1n) is 6.74. The summed E-state index contributed by atoms with van der Waals surface area (Å²) in [7, 11) is 0. The van der Waals surface area contributed by atoms with Gasteiger partial charge in [-0.05, 0) is 44.6 Å². The van der Waals surface area contributed by atoms with Crippen molar-refractivity contribution in [3.63, 3.8) is 0 Å². The minimum atomic E-state index is 0.179. The molecule has 0 atom stereocenters. The molecule has 96 valence electrons. The van der Waals surface area contributed by atoms with Crippen LogP contribution in [0.1, 0.15) is 42.5 Å². The van der Waals surface area contributed by atoms with Gasteiger partial charge in [0.05, 0.1) is 5.39 Å². The van der Waals surface area contributed by atoms with Crippen LogP contribution in [-0.2, 0) is 19.4 Å². The van der Waals surface area contributed by atoms with Gasteiger partial charge in [-0.3, -0.25) is 9.36 Å². The monoisotopic (exact) mass is 262 g/mol. The van der Waals surface area contributed by atoms with Gasteiger partial charge in [-0.15, -0.1) is 11.3 Å². The average molecular weight is 262 g/mol. The fraction of sp³-hybridized carbons (Fsp3) is 0.571. The molecular weight excluding hydrogens is 244 g/mol. The third-order valence-electron chi connectivity index (χ3n) is 3.71. The van der Waals surface area contributed by atoms with Gasteiger partial charge in [-0.2, -0.15) is 0 Å². The first-order chi connectivity index (χ1) is 8.72. The lowest BCUT2D eigenvalue weighted by Crippen LogP contribution is -2.24. The zero-order valence-electron chi connectivity index (χ0n) is 11.0. The van der Waals surface area contributed by atoms with E-state index in [4.69, 9.17) is 0 Å². The lowest BCUT2D eigenvalue weighted by atomic mass is 9.97. The van der Waals surface area contributed by atoms with Crippen LogP contribution in [0.15, 0.2) is 4.79 Å². The van der Waals surface area contributed by atoms with Crippen LogP contribution >= 0.6 is 11.3 Å². The van der Waals surface area contributed by atoms with E-state index in [1.807, 2.05) is 11.5 Å². The molecule has 1 aliphatic carbocycles. The summed E-state index contributed by atoms with van der Waals surface area (Å²) in [5.41, 5.74) is 1.47. The maximum atomic E-state index is 12.6. The molecule has 0 amide bonds. The molecule has 2 aromatic rings. The average Bonchev–Trinajstić information content (AvgIpc) is 2.72. The highest BCUT2D eigenvalue weighted by molar-refractivity contribution is 7.18. The van der Waals surface area contributed by atoms with E-state index in [2.05, 4.69) is 11.9 Å². The molecule has 0 unspecified atom stereocenters. The summed E-state index contributed by atoms with van der Waals surface area (Å²) in [6, 6.07) is 0. The second-order valence-corrected chi connectivity index (χ2v) is 6.09. The molecule has 0 N–H and O–H groups in total. The fourth-order valence-corrected chi connectivity index (χ4v) is 4.12.